The molecule has 2 nitrogen and oxygen atoms in total. The van der Waals surface area contributed by atoms with Crippen LogP contribution in [0.25, 0.3) is 0 Å². The van der Waals surface area contributed by atoms with Crippen LogP contribution in [0.3, 0.4) is 0 Å². The summed E-state index contributed by atoms with van der Waals surface area (Å²) in [6.45, 7) is 7.02. The molecule has 0 aliphatic heterocycles. The molecule has 0 saturated carbocycles. The quantitative estimate of drug-likeness (QED) is 0.509. The van der Waals surface area contributed by atoms with Crippen LogP contribution in [0.4, 0.5) is 0 Å². The third-order valence-corrected chi connectivity index (χ3v) is 2.67. The molecule has 1 unspecified atom stereocenters. The van der Waals surface area contributed by atoms with Crippen LogP contribution in [-0.4, -0.2) is 12.6 Å². The van der Waals surface area contributed by atoms with Gasteiger partial charge in [-0.3, -0.25) is 0 Å². The highest BCUT2D eigenvalue weighted by Gasteiger charge is 2.03. The lowest BCUT2D eigenvalue weighted by Gasteiger charge is -2.11. The van der Waals surface area contributed by atoms with Crippen molar-refractivity contribution in [2.24, 2.45) is 0 Å². The zero-order chi connectivity index (χ0) is 11.6. The van der Waals surface area contributed by atoms with E-state index in [1.165, 1.54) is 19.3 Å². The molecule has 0 spiro atoms. The number of hydrogen-bond acceptors (Lipinski definition) is 2. The van der Waals surface area contributed by atoms with Crippen molar-refractivity contribution < 1.29 is 4.42 Å². The first-order valence-electron chi connectivity index (χ1n) is 6.19. The molecular weight excluding hydrogens is 198 g/mol. The maximum absolute atomic E-state index is 5.31. The van der Waals surface area contributed by atoms with Crippen molar-refractivity contribution in [2.75, 3.05) is 6.54 Å². The Morgan fingerprint density at radius 3 is 3.00 bits per heavy atom. The highest BCUT2D eigenvalue weighted by atomic mass is 16.3. The van der Waals surface area contributed by atoms with Crippen LogP contribution >= 0.6 is 0 Å². The molecule has 1 atom stereocenters. The van der Waals surface area contributed by atoms with Gasteiger partial charge in [-0.1, -0.05) is 12.5 Å². The SMILES string of the molecule is C=CCCCCCNC(C)Cc1ccco1. The van der Waals surface area contributed by atoms with Crippen molar-refractivity contribution in [3.05, 3.63) is 36.8 Å². The Balaban J connectivity index is 1.98. The molecule has 1 aromatic heterocycles. The largest absolute Gasteiger partial charge is 0.469 e. The predicted molar refractivity (Wildman–Crippen MR) is 68.5 cm³/mol. The normalized spacial score (nSPS) is 12.6. The molecule has 0 radical (unpaired) electrons. The van der Waals surface area contributed by atoms with Crippen LogP contribution in [0, 0.1) is 0 Å². The highest BCUT2D eigenvalue weighted by molar-refractivity contribution is 4.99. The van der Waals surface area contributed by atoms with Crippen LogP contribution < -0.4 is 5.32 Å². The van der Waals surface area contributed by atoms with E-state index in [0.29, 0.717) is 6.04 Å². The zero-order valence-corrected chi connectivity index (χ0v) is 10.2. The summed E-state index contributed by atoms with van der Waals surface area (Å²) < 4.78 is 5.31. The predicted octanol–water partition coefficient (Wildman–Crippen LogP) is 3.55. The van der Waals surface area contributed by atoms with E-state index >= 15 is 0 Å². The lowest BCUT2D eigenvalue weighted by Crippen LogP contribution is -2.28. The Morgan fingerprint density at radius 1 is 1.44 bits per heavy atom. The molecule has 0 fully saturated rings. The summed E-state index contributed by atoms with van der Waals surface area (Å²) in [4.78, 5) is 0. The van der Waals surface area contributed by atoms with Crippen LogP contribution in [0.1, 0.15) is 38.4 Å². The van der Waals surface area contributed by atoms with Gasteiger partial charge in [-0.05, 0) is 44.9 Å². The fraction of sp³-hybridized carbons (Fsp3) is 0.571. The van der Waals surface area contributed by atoms with Gasteiger partial charge in [-0.15, -0.1) is 6.58 Å². The summed E-state index contributed by atoms with van der Waals surface area (Å²) in [5.41, 5.74) is 0. The number of unbranched alkanes of at least 4 members (excludes halogenated alkanes) is 3. The highest BCUT2D eigenvalue weighted by Crippen LogP contribution is 2.04. The molecule has 90 valence electrons. The van der Waals surface area contributed by atoms with Crippen LogP contribution in [0.15, 0.2) is 35.5 Å². The lowest BCUT2D eigenvalue weighted by molar-refractivity contribution is 0.452. The topological polar surface area (TPSA) is 25.2 Å². The Kier molecular flexibility index (Phi) is 6.66. The number of allylic oxidation sites excluding steroid dienone is 1. The smallest absolute Gasteiger partial charge is 0.105 e. The number of nitrogens with one attached hydrogen (secondary N) is 1. The molecule has 16 heavy (non-hydrogen) atoms. The molecule has 0 aliphatic rings. The first kappa shape index (κ1) is 13.0. The van der Waals surface area contributed by atoms with Gasteiger partial charge in [0.25, 0.3) is 0 Å². The Hall–Kier alpha value is -1.02. The molecule has 0 bridgehead atoms. The monoisotopic (exact) mass is 221 g/mol. The van der Waals surface area contributed by atoms with Crippen molar-refractivity contribution in [1.82, 2.24) is 5.32 Å². The summed E-state index contributed by atoms with van der Waals surface area (Å²) in [5.74, 6) is 1.06. The van der Waals surface area contributed by atoms with E-state index in [0.717, 1.165) is 25.1 Å². The van der Waals surface area contributed by atoms with Crippen molar-refractivity contribution >= 4 is 0 Å². The molecule has 1 N–H and O–H groups in total. The van der Waals surface area contributed by atoms with Gasteiger partial charge in [0.05, 0.1) is 6.26 Å². The van der Waals surface area contributed by atoms with Gasteiger partial charge in [-0.2, -0.15) is 0 Å². The lowest BCUT2D eigenvalue weighted by atomic mass is 10.1. The number of hydrogen-bond donors (Lipinski definition) is 1. The van der Waals surface area contributed by atoms with Gasteiger partial charge < -0.3 is 9.73 Å². The van der Waals surface area contributed by atoms with Crippen LogP contribution in [0.5, 0.6) is 0 Å². The van der Waals surface area contributed by atoms with Crippen LogP contribution in [0.2, 0.25) is 0 Å². The first-order chi connectivity index (χ1) is 7.83. The second kappa shape index (κ2) is 8.17. The van der Waals surface area contributed by atoms with Crippen molar-refractivity contribution in [3.63, 3.8) is 0 Å². The molecule has 1 heterocycles. The fourth-order valence-corrected chi connectivity index (χ4v) is 1.74. The first-order valence-corrected chi connectivity index (χ1v) is 6.19. The molecule has 2 heteroatoms. The van der Waals surface area contributed by atoms with Gasteiger partial charge in [0.15, 0.2) is 0 Å². The molecular formula is C14H23NO. The molecule has 0 saturated heterocycles. The molecule has 0 aliphatic carbocycles. The van der Waals surface area contributed by atoms with Gasteiger partial charge in [0.2, 0.25) is 0 Å². The Bertz CT molecular complexity index is 266. The van der Waals surface area contributed by atoms with E-state index in [9.17, 15) is 0 Å². The summed E-state index contributed by atoms with van der Waals surface area (Å²) in [5, 5.41) is 3.51. The number of furan rings is 1. The minimum atomic E-state index is 0.491. The van der Waals surface area contributed by atoms with Gasteiger partial charge in [-0.25, -0.2) is 0 Å². The molecule has 0 aromatic carbocycles. The summed E-state index contributed by atoms with van der Waals surface area (Å²) >= 11 is 0. The average molecular weight is 221 g/mol. The second-order valence-corrected chi connectivity index (χ2v) is 4.28. The van der Waals surface area contributed by atoms with Crippen LogP contribution in [-0.2, 0) is 6.42 Å². The molecule has 1 rings (SSSR count). The van der Waals surface area contributed by atoms with E-state index < -0.39 is 0 Å². The molecule has 0 amide bonds. The molecule has 1 aromatic rings. The minimum Gasteiger partial charge on any atom is -0.469 e. The van der Waals surface area contributed by atoms with E-state index in [2.05, 4.69) is 18.8 Å². The van der Waals surface area contributed by atoms with Gasteiger partial charge in [0.1, 0.15) is 5.76 Å². The maximum atomic E-state index is 5.31. The van der Waals surface area contributed by atoms with E-state index in [1.807, 2.05) is 18.2 Å². The van der Waals surface area contributed by atoms with Crippen molar-refractivity contribution in [1.29, 1.82) is 0 Å². The third kappa shape index (κ3) is 5.76. The average Bonchev–Trinajstić information content (AvgIpc) is 2.76. The minimum absolute atomic E-state index is 0.491. The Labute approximate surface area is 98.7 Å². The zero-order valence-electron chi connectivity index (χ0n) is 10.2. The van der Waals surface area contributed by atoms with E-state index in [-0.39, 0.29) is 0 Å². The van der Waals surface area contributed by atoms with Gasteiger partial charge in [0, 0.05) is 12.5 Å². The summed E-state index contributed by atoms with van der Waals surface area (Å²) in [6, 6.07) is 4.46. The second-order valence-electron chi connectivity index (χ2n) is 4.28. The maximum Gasteiger partial charge on any atom is 0.105 e. The Morgan fingerprint density at radius 2 is 2.31 bits per heavy atom. The van der Waals surface area contributed by atoms with Gasteiger partial charge >= 0.3 is 0 Å². The summed E-state index contributed by atoms with van der Waals surface area (Å²) in [6.07, 6.45) is 9.63. The summed E-state index contributed by atoms with van der Waals surface area (Å²) in [7, 11) is 0. The van der Waals surface area contributed by atoms with E-state index in [1.54, 1.807) is 6.26 Å². The fourth-order valence-electron chi connectivity index (χ4n) is 1.74. The number of rotatable bonds is 9. The van der Waals surface area contributed by atoms with E-state index in [4.69, 9.17) is 4.42 Å². The standard InChI is InChI=1S/C14H23NO/c1-3-4-5-6-7-10-15-13(2)12-14-9-8-11-16-14/h3,8-9,11,13,15H,1,4-7,10,12H2,2H3. The van der Waals surface area contributed by atoms with Crippen molar-refractivity contribution in [2.45, 2.75) is 45.1 Å². The third-order valence-electron chi connectivity index (χ3n) is 2.67. The van der Waals surface area contributed by atoms with Crippen molar-refractivity contribution in [3.8, 4) is 0 Å².